The Bertz CT molecular complexity index is 465. The third kappa shape index (κ3) is 11.1. The van der Waals surface area contributed by atoms with Gasteiger partial charge in [0.05, 0.1) is 0 Å². The number of nitrogens with two attached hydrogens (primary N) is 1. The maximum absolute atomic E-state index is 10.1. The molecule has 0 aliphatic heterocycles. The van der Waals surface area contributed by atoms with Crippen molar-refractivity contribution in [1.29, 1.82) is 0 Å². The Morgan fingerprint density at radius 2 is 1.48 bits per heavy atom. The number of halogens is 1. The van der Waals surface area contributed by atoms with Crippen LogP contribution in [0.3, 0.4) is 0 Å². The summed E-state index contributed by atoms with van der Waals surface area (Å²) in [6.07, 6.45) is 2.49. The molecular formula is C17H24BrNOS. The molecule has 2 rings (SSSR count). The predicted molar refractivity (Wildman–Crippen MR) is 101 cm³/mol. The average molecular weight is 370 g/mol. The minimum absolute atomic E-state index is 0.657. The summed E-state index contributed by atoms with van der Waals surface area (Å²) in [6, 6.07) is 14.9. The Labute approximate surface area is 142 Å². The smallest absolute Gasteiger partial charge is 0.150 e. The summed E-state index contributed by atoms with van der Waals surface area (Å²) in [4.78, 5) is 10.1. The van der Waals surface area contributed by atoms with Crippen LogP contribution in [0.15, 0.2) is 53.0 Å². The van der Waals surface area contributed by atoms with Gasteiger partial charge in [-0.2, -0.15) is 12.6 Å². The quantitative estimate of drug-likeness (QED) is 0.400. The number of aryl methyl sites for hydroxylation is 1. The second kappa shape index (κ2) is 15.1. The van der Waals surface area contributed by atoms with Gasteiger partial charge in [-0.1, -0.05) is 48.0 Å². The van der Waals surface area contributed by atoms with E-state index >= 15 is 0 Å². The largest absolute Gasteiger partial charge is 0.399 e. The molecule has 0 saturated heterocycles. The first-order valence-corrected chi connectivity index (χ1v) is 8.29. The molecule has 2 nitrogen and oxygen atoms in total. The van der Waals surface area contributed by atoms with Crippen LogP contribution in [-0.4, -0.2) is 12.5 Å². The first-order valence-electron chi connectivity index (χ1n) is 6.60. The summed E-state index contributed by atoms with van der Waals surface area (Å²) in [5.74, 6) is 0. The summed E-state index contributed by atoms with van der Waals surface area (Å²) in [5, 5.41) is 0. The van der Waals surface area contributed by atoms with E-state index < -0.39 is 0 Å². The number of nitrogen functional groups attached to an aromatic ring is 1. The van der Waals surface area contributed by atoms with Crippen molar-refractivity contribution in [3.63, 3.8) is 0 Å². The fourth-order valence-corrected chi connectivity index (χ4v) is 1.41. The van der Waals surface area contributed by atoms with Gasteiger partial charge in [-0.05, 0) is 49.1 Å². The van der Waals surface area contributed by atoms with Gasteiger partial charge in [0.1, 0.15) is 6.29 Å². The molecule has 0 unspecified atom stereocenters. The van der Waals surface area contributed by atoms with Crippen molar-refractivity contribution < 1.29 is 4.79 Å². The molecule has 0 fully saturated rings. The van der Waals surface area contributed by atoms with Crippen molar-refractivity contribution in [3.05, 3.63) is 64.1 Å². The molecular weight excluding hydrogens is 346 g/mol. The van der Waals surface area contributed by atoms with Crippen molar-refractivity contribution in [2.45, 2.75) is 20.8 Å². The van der Waals surface area contributed by atoms with Gasteiger partial charge in [-0.3, -0.25) is 4.79 Å². The number of benzene rings is 2. The van der Waals surface area contributed by atoms with E-state index in [-0.39, 0.29) is 0 Å². The van der Waals surface area contributed by atoms with E-state index in [1.54, 1.807) is 30.5 Å². The number of anilines is 1. The lowest BCUT2D eigenvalue weighted by Gasteiger charge is -1.91. The van der Waals surface area contributed by atoms with E-state index in [0.29, 0.717) is 11.3 Å². The van der Waals surface area contributed by atoms with Crippen LogP contribution in [0, 0.1) is 6.92 Å². The van der Waals surface area contributed by atoms with Gasteiger partial charge >= 0.3 is 0 Å². The molecule has 0 aliphatic rings. The zero-order valence-electron chi connectivity index (χ0n) is 13.0. The molecule has 2 aromatic carbocycles. The van der Waals surface area contributed by atoms with Crippen LogP contribution in [0.4, 0.5) is 5.69 Å². The third-order valence-electron chi connectivity index (χ3n) is 2.15. The van der Waals surface area contributed by atoms with Crippen molar-refractivity contribution in [3.8, 4) is 0 Å². The molecule has 2 aromatic rings. The number of hydrogen-bond donors (Lipinski definition) is 2. The van der Waals surface area contributed by atoms with Crippen LogP contribution in [0.1, 0.15) is 29.8 Å². The molecule has 0 saturated carbocycles. The topological polar surface area (TPSA) is 43.1 Å². The fourth-order valence-electron chi connectivity index (χ4n) is 1.13. The van der Waals surface area contributed by atoms with Gasteiger partial charge in [0.25, 0.3) is 0 Å². The molecule has 21 heavy (non-hydrogen) atoms. The van der Waals surface area contributed by atoms with Gasteiger partial charge in [0.15, 0.2) is 0 Å². The van der Waals surface area contributed by atoms with Crippen molar-refractivity contribution >= 4 is 40.5 Å². The molecule has 0 aromatic heterocycles. The average Bonchev–Trinajstić information content (AvgIpc) is 2.55. The van der Waals surface area contributed by atoms with Crippen molar-refractivity contribution in [2.24, 2.45) is 0 Å². The van der Waals surface area contributed by atoms with Crippen LogP contribution in [0.5, 0.6) is 0 Å². The Morgan fingerprint density at radius 1 is 1.00 bits per heavy atom. The Morgan fingerprint density at radius 3 is 1.81 bits per heavy atom. The summed E-state index contributed by atoms with van der Waals surface area (Å²) in [6.45, 7) is 6.07. The number of carbonyl (C=O) groups excluding carboxylic acids is 1. The van der Waals surface area contributed by atoms with E-state index in [2.05, 4.69) is 41.5 Å². The molecule has 0 heterocycles. The lowest BCUT2D eigenvalue weighted by atomic mass is 10.2. The molecule has 0 spiro atoms. The number of carbonyl (C=O) groups is 1. The molecule has 2 N–H and O–H groups in total. The normalized spacial score (nSPS) is 7.90. The Hall–Kier alpha value is -1.26. The van der Waals surface area contributed by atoms with Crippen LogP contribution in [-0.2, 0) is 0 Å². The highest BCUT2D eigenvalue weighted by atomic mass is 79.9. The van der Waals surface area contributed by atoms with E-state index in [0.717, 1.165) is 6.29 Å². The van der Waals surface area contributed by atoms with Gasteiger partial charge < -0.3 is 5.73 Å². The highest BCUT2D eigenvalue weighted by Crippen LogP contribution is 2.13. The monoisotopic (exact) mass is 369 g/mol. The van der Waals surface area contributed by atoms with Crippen LogP contribution in [0.2, 0.25) is 0 Å². The fraction of sp³-hybridized carbons (Fsp3) is 0.235. The lowest BCUT2D eigenvalue weighted by molar-refractivity contribution is 0.112. The SMILES string of the molecule is CC.CS.Cc1ccccc1Br.Nc1ccc(C=O)cc1. The van der Waals surface area contributed by atoms with E-state index in [4.69, 9.17) is 5.73 Å². The highest BCUT2D eigenvalue weighted by molar-refractivity contribution is 9.10. The van der Waals surface area contributed by atoms with Gasteiger partial charge in [-0.25, -0.2) is 0 Å². The predicted octanol–water partition coefficient (Wildman–Crippen LogP) is 5.41. The van der Waals surface area contributed by atoms with E-state index in [9.17, 15) is 4.79 Å². The van der Waals surface area contributed by atoms with Gasteiger partial charge in [0.2, 0.25) is 0 Å². The van der Waals surface area contributed by atoms with Crippen molar-refractivity contribution in [1.82, 2.24) is 0 Å². The summed E-state index contributed by atoms with van der Waals surface area (Å²) < 4.78 is 1.18. The first kappa shape index (κ1) is 22.0. The zero-order chi connectivity index (χ0) is 16.7. The number of hydrogen-bond acceptors (Lipinski definition) is 3. The maximum atomic E-state index is 10.1. The molecule has 0 atom stereocenters. The maximum Gasteiger partial charge on any atom is 0.150 e. The molecule has 116 valence electrons. The molecule has 0 bridgehead atoms. The molecule has 0 amide bonds. The number of thiol groups is 1. The standard InChI is InChI=1S/C7H7Br.C7H7NO.C2H6.CH4S/c1-6-4-2-3-5-7(6)8;8-7-3-1-6(5-9)2-4-7;2*1-2/h2-5H,1H3;1-5H,8H2;1-2H3;2H,1H3. The molecule has 0 radical (unpaired) electrons. The lowest BCUT2D eigenvalue weighted by Crippen LogP contribution is -1.84. The molecule has 4 heteroatoms. The van der Waals surface area contributed by atoms with E-state index in [1.807, 2.05) is 32.0 Å². The van der Waals surface area contributed by atoms with Crippen LogP contribution >= 0.6 is 28.6 Å². The minimum Gasteiger partial charge on any atom is -0.399 e. The number of aldehydes is 1. The van der Waals surface area contributed by atoms with Gasteiger partial charge in [-0.15, -0.1) is 0 Å². The number of rotatable bonds is 1. The Balaban J connectivity index is 0. The second-order valence-corrected chi connectivity index (χ2v) is 4.39. The Kier molecular flexibility index (Phi) is 15.9. The zero-order valence-corrected chi connectivity index (χ0v) is 15.5. The third-order valence-corrected chi connectivity index (χ3v) is 3.04. The summed E-state index contributed by atoms with van der Waals surface area (Å²) in [7, 11) is 0. The second-order valence-electron chi connectivity index (χ2n) is 3.53. The van der Waals surface area contributed by atoms with Crippen LogP contribution in [0.25, 0.3) is 0 Å². The summed E-state index contributed by atoms with van der Waals surface area (Å²) in [5.41, 5.74) is 7.99. The molecule has 0 aliphatic carbocycles. The van der Waals surface area contributed by atoms with E-state index in [1.165, 1.54) is 10.0 Å². The summed E-state index contributed by atoms with van der Waals surface area (Å²) >= 11 is 6.92. The first-order chi connectivity index (χ1) is 10.1. The highest BCUT2D eigenvalue weighted by Gasteiger charge is 1.86. The van der Waals surface area contributed by atoms with Gasteiger partial charge in [0, 0.05) is 15.7 Å². The van der Waals surface area contributed by atoms with Crippen molar-refractivity contribution in [2.75, 3.05) is 12.0 Å². The minimum atomic E-state index is 0.657. The van der Waals surface area contributed by atoms with Crippen LogP contribution < -0.4 is 5.73 Å².